The van der Waals surface area contributed by atoms with E-state index < -0.39 is 0 Å². The second kappa shape index (κ2) is 6.48. The van der Waals surface area contributed by atoms with Gasteiger partial charge in [0.05, 0.1) is 5.69 Å². The van der Waals surface area contributed by atoms with Crippen molar-refractivity contribution < 1.29 is 4.79 Å². The lowest BCUT2D eigenvalue weighted by molar-refractivity contribution is -0.131. The van der Waals surface area contributed by atoms with Crippen LogP contribution in [0.3, 0.4) is 0 Å². The van der Waals surface area contributed by atoms with Crippen LogP contribution in [0.5, 0.6) is 0 Å². The Morgan fingerprint density at radius 2 is 2.19 bits per heavy atom. The summed E-state index contributed by atoms with van der Waals surface area (Å²) in [6, 6.07) is 8.06. The zero-order valence-corrected chi connectivity index (χ0v) is 13.1. The Bertz CT molecular complexity index is 594. The number of carbonyl (C=O) groups excluding carboxylic acids is 1. The predicted octanol–water partition coefficient (Wildman–Crippen LogP) is 3.91. The Morgan fingerprint density at radius 3 is 2.95 bits per heavy atom. The zero-order chi connectivity index (χ0) is 14.7. The number of aryl methyl sites for hydroxylation is 1. The van der Waals surface area contributed by atoms with Gasteiger partial charge in [0.15, 0.2) is 5.17 Å². The Hall–Kier alpha value is -1.55. The minimum absolute atomic E-state index is 0.135. The summed E-state index contributed by atoms with van der Waals surface area (Å²) in [5.41, 5.74) is 2.11. The van der Waals surface area contributed by atoms with E-state index in [1.807, 2.05) is 23.1 Å². The van der Waals surface area contributed by atoms with Crippen LogP contribution in [-0.4, -0.2) is 28.3 Å². The number of aliphatic imine (C=N–C) groups is 1. The van der Waals surface area contributed by atoms with Gasteiger partial charge >= 0.3 is 0 Å². The Morgan fingerprint density at radius 1 is 1.33 bits per heavy atom. The lowest BCUT2D eigenvalue weighted by atomic mass is 9.93. The zero-order valence-electron chi connectivity index (χ0n) is 12.3. The number of allylic oxidation sites excluding steroid dienone is 2. The fraction of sp³-hybridized carbons (Fsp3) is 0.412. The maximum atomic E-state index is 12.7. The number of hydrogen-bond donors (Lipinski definition) is 0. The highest BCUT2D eigenvalue weighted by atomic mass is 32.2. The summed E-state index contributed by atoms with van der Waals surface area (Å²) in [5, 5.41) is 0.865. The average molecular weight is 300 g/mol. The third-order valence-corrected chi connectivity index (χ3v) is 4.95. The molecule has 0 N–H and O–H groups in total. The molecule has 0 spiro atoms. The molecule has 1 aliphatic carbocycles. The van der Waals surface area contributed by atoms with Crippen molar-refractivity contribution in [3.05, 3.63) is 42.0 Å². The first-order valence-corrected chi connectivity index (χ1v) is 8.48. The summed E-state index contributed by atoms with van der Waals surface area (Å²) in [6.45, 7) is 2.84. The van der Waals surface area contributed by atoms with Crippen LogP contribution in [0.2, 0.25) is 0 Å². The van der Waals surface area contributed by atoms with E-state index in [0.717, 1.165) is 48.0 Å². The molecule has 1 atom stereocenters. The van der Waals surface area contributed by atoms with E-state index in [1.165, 1.54) is 0 Å². The largest absolute Gasteiger partial charge is 0.290 e. The molecule has 3 rings (SSSR count). The fourth-order valence-electron chi connectivity index (χ4n) is 2.73. The van der Waals surface area contributed by atoms with Crippen LogP contribution in [0.25, 0.3) is 0 Å². The van der Waals surface area contributed by atoms with Crippen molar-refractivity contribution in [3.63, 3.8) is 0 Å². The molecule has 0 saturated carbocycles. The van der Waals surface area contributed by atoms with Gasteiger partial charge in [0.2, 0.25) is 5.91 Å². The third-order valence-electron chi connectivity index (χ3n) is 3.99. The number of hydrogen-bond acceptors (Lipinski definition) is 3. The van der Waals surface area contributed by atoms with Gasteiger partial charge in [-0.15, -0.1) is 0 Å². The number of carbonyl (C=O) groups is 1. The van der Waals surface area contributed by atoms with Gasteiger partial charge in [-0.25, -0.2) is 4.99 Å². The Balaban J connectivity index is 1.80. The van der Waals surface area contributed by atoms with Crippen molar-refractivity contribution in [3.8, 4) is 0 Å². The predicted molar refractivity (Wildman–Crippen MR) is 88.9 cm³/mol. The smallest absolute Gasteiger partial charge is 0.232 e. The molecule has 1 saturated heterocycles. The number of amides is 1. The molecule has 2 aliphatic rings. The van der Waals surface area contributed by atoms with Crippen LogP contribution in [0, 0.1) is 12.8 Å². The molecular weight excluding hydrogens is 280 g/mol. The topological polar surface area (TPSA) is 32.7 Å². The highest BCUT2D eigenvalue weighted by Crippen LogP contribution is 2.28. The van der Waals surface area contributed by atoms with E-state index in [-0.39, 0.29) is 11.8 Å². The second-order valence-corrected chi connectivity index (χ2v) is 6.56. The summed E-state index contributed by atoms with van der Waals surface area (Å²) in [4.78, 5) is 19.3. The van der Waals surface area contributed by atoms with E-state index in [2.05, 4.69) is 25.1 Å². The minimum atomic E-state index is 0.135. The minimum Gasteiger partial charge on any atom is -0.290 e. The summed E-state index contributed by atoms with van der Waals surface area (Å²) in [5.74, 6) is 1.33. The molecule has 110 valence electrons. The monoisotopic (exact) mass is 300 g/mol. The van der Waals surface area contributed by atoms with Crippen LogP contribution >= 0.6 is 11.8 Å². The fourth-order valence-corrected chi connectivity index (χ4v) is 3.69. The van der Waals surface area contributed by atoms with Crippen molar-refractivity contribution >= 4 is 28.5 Å². The summed E-state index contributed by atoms with van der Waals surface area (Å²) in [6.07, 6.45) is 7.16. The third kappa shape index (κ3) is 3.21. The molecule has 1 aromatic carbocycles. The lowest BCUT2D eigenvalue weighted by Gasteiger charge is -2.23. The summed E-state index contributed by atoms with van der Waals surface area (Å²) in [7, 11) is 0. The first-order chi connectivity index (χ1) is 10.3. The van der Waals surface area contributed by atoms with Crippen molar-refractivity contribution in [2.45, 2.75) is 26.2 Å². The average Bonchev–Trinajstić information content (AvgIpc) is 2.98. The standard InChI is InChI=1S/C17H20N2OS/c1-13-7-5-6-10-15(13)18-17-19(11-12-21-17)16(20)14-8-3-2-4-9-14/h2-3,5-7,10,14H,4,8-9,11-12H2,1H3. The highest BCUT2D eigenvalue weighted by molar-refractivity contribution is 8.14. The van der Waals surface area contributed by atoms with E-state index in [4.69, 9.17) is 4.99 Å². The quantitative estimate of drug-likeness (QED) is 0.776. The van der Waals surface area contributed by atoms with Crippen molar-refractivity contribution in [2.75, 3.05) is 12.3 Å². The lowest BCUT2D eigenvalue weighted by Crippen LogP contribution is -2.37. The van der Waals surface area contributed by atoms with Crippen LogP contribution < -0.4 is 0 Å². The van der Waals surface area contributed by atoms with Gasteiger partial charge in [-0.2, -0.15) is 0 Å². The molecule has 1 amide bonds. The molecule has 1 aliphatic heterocycles. The molecule has 0 radical (unpaired) electrons. The highest BCUT2D eigenvalue weighted by Gasteiger charge is 2.31. The van der Waals surface area contributed by atoms with Crippen molar-refractivity contribution in [1.82, 2.24) is 4.90 Å². The van der Waals surface area contributed by atoms with Crippen LogP contribution in [-0.2, 0) is 4.79 Å². The van der Waals surface area contributed by atoms with Gasteiger partial charge in [-0.05, 0) is 37.8 Å². The molecular formula is C17H20N2OS. The Labute approximate surface area is 130 Å². The molecule has 1 fully saturated rings. The van der Waals surface area contributed by atoms with Crippen molar-refractivity contribution in [2.24, 2.45) is 10.9 Å². The molecule has 0 aromatic heterocycles. The maximum absolute atomic E-state index is 12.7. The number of amidine groups is 1. The number of thioether (sulfide) groups is 1. The molecule has 3 nitrogen and oxygen atoms in total. The maximum Gasteiger partial charge on any atom is 0.232 e. The molecule has 1 heterocycles. The van der Waals surface area contributed by atoms with Gasteiger partial charge in [-0.1, -0.05) is 42.1 Å². The SMILES string of the molecule is Cc1ccccc1N=C1SCCN1C(=O)C1CC=CCC1. The molecule has 21 heavy (non-hydrogen) atoms. The van der Waals surface area contributed by atoms with Crippen molar-refractivity contribution in [1.29, 1.82) is 0 Å². The van der Waals surface area contributed by atoms with Gasteiger partial charge < -0.3 is 0 Å². The van der Waals surface area contributed by atoms with E-state index in [9.17, 15) is 4.79 Å². The number of benzene rings is 1. The van der Waals surface area contributed by atoms with Crippen LogP contribution in [0.15, 0.2) is 41.4 Å². The molecule has 1 aromatic rings. The number of para-hydroxylation sites is 1. The number of rotatable bonds is 2. The van der Waals surface area contributed by atoms with Crippen LogP contribution in [0.4, 0.5) is 5.69 Å². The van der Waals surface area contributed by atoms with Gasteiger partial charge in [0.1, 0.15) is 0 Å². The first kappa shape index (κ1) is 14.4. The normalized spacial score (nSPS) is 23.8. The molecule has 0 bridgehead atoms. The van der Waals surface area contributed by atoms with Crippen LogP contribution in [0.1, 0.15) is 24.8 Å². The van der Waals surface area contributed by atoms with E-state index in [0.29, 0.717) is 0 Å². The van der Waals surface area contributed by atoms with Gasteiger partial charge in [0.25, 0.3) is 0 Å². The molecule has 4 heteroatoms. The summed E-state index contributed by atoms with van der Waals surface area (Å²) >= 11 is 1.68. The summed E-state index contributed by atoms with van der Waals surface area (Å²) < 4.78 is 0. The first-order valence-electron chi connectivity index (χ1n) is 7.49. The van der Waals surface area contributed by atoms with E-state index in [1.54, 1.807) is 11.8 Å². The number of nitrogens with zero attached hydrogens (tertiary/aromatic N) is 2. The van der Waals surface area contributed by atoms with Gasteiger partial charge in [-0.3, -0.25) is 9.69 Å². The molecule has 1 unspecified atom stereocenters. The van der Waals surface area contributed by atoms with Gasteiger partial charge in [0, 0.05) is 18.2 Å². The Kier molecular flexibility index (Phi) is 4.44. The second-order valence-electron chi connectivity index (χ2n) is 5.50. The van der Waals surface area contributed by atoms with E-state index >= 15 is 0 Å².